The second-order valence-corrected chi connectivity index (χ2v) is 12.9. The molecule has 6 unspecified atom stereocenters. The van der Waals surface area contributed by atoms with Gasteiger partial charge in [-0.25, -0.2) is 0 Å². The molecule has 5 aliphatic rings. The number of likely N-dealkylation sites (N-methyl/N-ethyl adjacent to an activating group) is 2. The van der Waals surface area contributed by atoms with Gasteiger partial charge in [-0.1, -0.05) is 18.7 Å². The molecule has 11 heteroatoms. The van der Waals surface area contributed by atoms with E-state index in [0.717, 1.165) is 42.8 Å². The van der Waals surface area contributed by atoms with Crippen molar-refractivity contribution in [1.82, 2.24) is 25.3 Å². The van der Waals surface area contributed by atoms with Crippen molar-refractivity contribution in [3.63, 3.8) is 0 Å². The van der Waals surface area contributed by atoms with Crippen LogP contribution in [0.3, 0.4) is 0 Å². The highest BCUT2D eigenvalue weighted by Gasteiger charge is 2.57. The number of fused-ring (bicyclic) bond motifs is 2. The van der Waals surface area contributed by atoms with Crippen LogP contribution in [0.15, 0.2) is 30.9 Å². The molecule has 0 bridgehead atoms. The first kappa shape index (κ1) is 30.0. The van der Waals surface area contributed by atoms with Gasteiger partial charge in [0.1, 0.15) is 5.75 Å². The van der Waals surface area contributed by atoms with Gasteiger partial charge in [-0.05, 0) is 63.9 Å². The fraction of sp³-hybridized carbons (Fsp3) is 0.656. The Morgan fingerprint density at radius 1 is 1.23 bits per heavy atom. The highest BCUT2D eigenvalue weighted by molar-refractivity contribution is 5.95. The van der Waals surface area contributed by atoms with Gasteiger partial charge in [-0.2, -0.15) is 5.26 Å². The third-order valence-corrected chi connectivity index (χ3v) is 10.3. The summed E-state index contributed by atoms with van der Waals surface area (Å²) in [7, 11) is 4.16. The van der Waals surface area contributed by atoms with Crippen molar-refractivity contribution in [3.8, 4) is 11.8 Å². The molecule has 11 nitrogen and oxygen atoms in total. The van der Waals surface area contributed by atoms with Crippen LogP contribution in [0.1, 0.15) is 37.7 Å². The summed E-state index contributed by atoms with van der Waals surface area (Å²) in [5, 5.41) is 16.8. The zero-order valence-electron chi connectivity index (χ0n) is 25.6. The number of amides is 1. The Morgan fingerprint density at radius 2 is 2.07 bits per heavy atom. The van der Waals surface area contributed by atoms with Gasteiger partial charge >= 0.3 is 0 Å². The van der Waals surface area contributed by atoms with Gasteiger partial charge in [0.25, 0.3) is 0 Å². The molecule has 0 radical (unpaired) electrons. The number of carbonyl (C=O) groups is 2. The largest absolute Gasteiger partial charge is 0.475 e. The van der Waals surface area contributed by atoms with Crippen molar-refractivity contribution in [2.24, 2.45) is 5.92 Å². The lowest BCUT2D eigenvalue weighted by Gasteiger charge is -2.55. The van der Waals surface area contributed by atoms with Gasteiger partial charge in [0.05, 0.1) is 49.6 Å². The third kappa shape index (κ3) is 5.56. The van der Waals surface area contributed by atoms with E-state index in [1.165, 1.54) is 6.08 Å². The van der Waals surface area contributed by atoms with Crippen molar-refractivity contribution >= 4 is 17.4 Å². The summed E-state index contributed by atoms with van der Waals surface area (Å²) in [6.07, 6.45) is 4.53. The number of nitriles is 1. The average molecular weight is 592 g/mol. The number of rotatable bonds is 6. The molecular weight excluding hydrogens is 546 g/mol. The molecule has 4 heterocycles. The SMILES string of the molecule is C=CC(=O)N1CCN(C2NC(OCC3CCCN3C)NC3C(=O)[C@@]4(CCC32)CN(C)c2cccc(C)c2O4)CC1CC#N. The first-order valence-electron chi connectivity index (χ1n) is 15.7. The number of carbonyl (C=O) groups excluding carboxylic acids is 2. The molecule has 1 amide bonds. The van der Waals surface area contributed by atoms with E-state index in [-0.39, 0.29) is 36.2 Å². The summed E-state index contributed by atoms with van der Waals surface area (Å²) >= 11 is 0. The van der Waals surface area contributed by atoms with Crippen LogP contribution < -0.4 is 20.3 Å². The van der Waals surface area contributed by atoms with E-state index in [9.17, 15) is 14.9 Å². The number of nitrogens with one attached hydrogen (secondary N) is 2. The molecule has 2 N–H and O–H groups in total. The molecule has 1 aromatic carbocycles. The topological polar surface area (TPSA) is 113 Å². The van der Waals surface area contributed by atoms with Crippen molar-refractivity contribution in [3.05, 3.63) is 36.4 Å². The minimum Gasteiger partial charge on any atom is -0.475 e. The van der Waals surface area contributed by atoms with Crippen molar-refractivity contribution in [2.45, 2.75) is 75.3 Å². The van der Waals surface area contributed by atoms with Gasteiger partial charge in [-0.3, -0.25) is 25.1 Å². The summed E-state index contributed by atoms with van der Waals surface area (Å²) in [5.41, 5.74) is 1.08. The van der Waals surface area contributed by atoms with E-state index >= 15 is 0 Å². The standard InChI is InChI=1S/C32H45N7O4/c1-5-26(40)39-17-16-38(18-22(39)12-14-33)30-24-11-13-32(20-37(4)25-10-6-8-21(2)28(25)43-32)29(41)27(24)34-31(35-30)42-19-23-9-7-15-36(23)3/h5-6,8,10,22-24,27,30-31,34-35H,1,7,9,11-13,15-20H2,2-4H3/t22?,23?,24?,27?,30?,31?,32-/m1/s1. The number of Topliss-reactive ketones (excluding diaryl/α,β-unsaturated/α-hetero) is 1. The van der Waals surface area contributed by atoms with E-state index in [0.29, 0.717) is 45.2 Å². The summed E-state index contributed by atoms with van der Waals surface area (Å²) in [5.74, 6) is 0.676. The van der Waals surface area contributed by atoms with E-state index < -0.39 is 18.0 Å². The Bertz CT molecular complexity index is 1280. The average Bonchev–Trinajstić information content (AvgIpc) is 3.42. The molecular formula is C32H45N7O4. The summed E-state index contributed by atoms with van der Waals surface area (Å²) in [6, 6.07) is 7.99. The number of hydrogen-bond donors (Lipinski definition) is 2. The fourth-order valence-corrected chi connectivity index (χ4v) is 7.91. The molecule has 0 aromatic heterocycles. The number of nitrogens with zero attached hydrogens (tertiary/aromatic N) is 5. The number of ether oxygens (including phenoxy) is 2. The number of likely N-dealkylation sites (tertiary alicyclic amines) is 1. The lowest BCUT2D eigenvalue weighted by molar-refractivity contribution is -0.159. The maximum atomic E-state index is 14.6. The smallest absolute Gasteiger partial charge is 0.246 e. The highest BCUT2D eigenvalue weighted by atomic mass is 16.5. The Labute approximate surface area is 254 Å². The maximum absolute atomic E-state index is 14.6. The number of aryl methyl sites for hydroxylation is 1. The van der Waals surface area contributed by atoms with Gasteiger partial charge in [0, 0.05) is 38.6 Å². The van der Waals surface area contributed by atoms with Crippen LogP contribution in [0.25, 0.3) is 0 Å². The van der Waals surface area contributed by atoms with Crippen molar-refractivity contribution < 1.29 is 19.1 Å². The molecule has 6 rings (SSSR count). The summed E-state index contributed by atoms with van der Waals surface area (Å²) in [4.78, 5) is 35.7. The lowest BCUT2D eigenvalue weighted by atomic mass is 9.71. The van der Waals surface area contributed by atoms with Crippen LogP contribution in [0.2, 0.25) is 0 Å². The van der Waals surface area contributed by atoms with E-state index in [1.807, 2.05) is 32.2 Å². The number of piperazine rings is 1. The number of ketones is 1. The van der Waals surface area contributed by atoms with Crippen molar-refractivity contribution in [2.75, 3.05) is 58.3 Å². The monoisotopic (exact) mass is 591 g/mol. The maximum Gasteiger partial charge on any atom is 0.246 e. The molecule has 1 aliphatic carbocycles. The Hall–Kier alpha value is -3.01. The quantitative estimate of drug-likeness (QED) is 0.471. The van der Waals surface area contributed by atoms with Gasteiger partial charge < -0.3 is 24.2 Å². The van der Waals surface area contributed by atoms with Crippen LogP contribution in [-0.2, 0) is 14.3 Å². The minimum absolute atomic E-state index is 0.0244. The fourth-order valence-electron chi connectivity index (χ4n) is 7.91. The molecule has 1 saturated carbocycles. The number of hydrogen-bond acceptors (Lipinski definition) is 10. The van der Waals surface area contributed by atoms with Crippen LogP contribution in [-0.4, -0.2) is 116 Å². The predicted molar refractivity (Wildman–Crippen MR) is 162 cm³/mol. The molecule has 1 spiro atoms. The first-order valence-corrected chi connectivity index (χ1v) is 15.7. The molecule has 4 fully saturated rings. The Morgan fingerprint density at radius 3 is 2.81 bits per heavy atom. The van der Waals surface area contributed by atoms with Gasteiger partial charge in [0.2, 0.25) is 5.91 Å². The molecule has 7 atom stereocenters. The highest BCUT2D eigenvalue weighted by Crippen LogP contribution is 2.45. The summed E-state index contributed by atoms with van der Waals surface area (Å²) in [6.45, 7) is 9.48. The minimum atomic E-state index is -0.946. The number of para-hydroxylation sites is 1. The number of anilines is 1. The zero-order chi connectivity index (χ0) is 30.3. The van der Waals surface area contributed by atoms with Crippen LogP contribution in [0, 0.1) is 24.2 Å². The molecule has 3 saturated heterocycles. The van der Waals surface area contributed by atoms with E-state index in [4.69, 9.17) is 9.47 Å². The van der Waals surface area contributed by atoms with Crippen LogP contribution in [0.4, 0.5) is 5.69 Å². The Balaban J connectivity index is 1.26. The Kier molecular flexibility index (Phi) is 8.50. The van der Waals surface area contributed by atoms with Crippen LogP contribution in [0.5, 0.6) is 5.75 Å². The van der Waals surface area contributed by atoms with Crippen molar-refractivity contribution in [1.29, 1.82) is 5.26 Å². The second-order valence-electron chi connectivity index (χ2n) is 12.9. The summed E-state index contributed by atoms with van der Waals surface area (Å²) < 4.78 is 13.1. The normalized spacial score (nSPS) is 34.8. The molecule has 43 heavy (non-hydrogen) atoms. The molecule has 1 aromatic rings. The first-order chi connectivity index (χ1) is 20.7. The van der Waals surface area contributed by atoms with Gasteiger partial charge in [0.15, 0.2) is 17.7 Å². The zero-order valence-corrected chi connectivity index (χ0v) is 25.6. The molecule has 4 aliphatic heterocycles. The second kappa shape index (κ2) is 12.2. The lowest BCUT2D eigenvalue weighted by Crippen LogP contribution is -2.76. The van der Waals surface area contributed by atoms with Gasteiger partial charge in [-0.15, -0.1) is 0 Å². The van der Waals surface area contributed by atoms with E-state index in [1.54, 1.807) is 4.90 Å². The third-order valence-electron chi connectivity index (χ3n) is 10.3. The number of benzene rings is 1. The predicted octanol–water partition coefficient (Wildman–Crippen LogP) is 1.44. The molecule has 232 valence electrons. The van der Waals surface area contributed by atoms with E-state index in [2.05, 4.69) is 45.0 Å². The van der Waals surface area contributed by atoms with Crippen LogP contribution >= 0.6 is 0 Å².